The first-order valence-corrected chi connectivity index (χ1v) is 6.51. The van der Waals surface area contributed by atoms with Crippen molar-refractivity contribution in [3.63, 3.8) is 0 Å². The van der Waals surface area contributed by atoms with E-state index in [2.05, 4.69) is 18.7 Å². The van der Waals surface area contributed by atoms with Crippen LogP contribution in [0.4, 0.5) is 13.2 Å². The Morgan fingerprint density at radius 1 is 1.39 bits per heavy atom. The zero-order valence-corrected chi connectivity index (χ0v) is 11.1. The average Bonchev–Trinajstić information content (AvgIpc) is 2.27. The van der Waals surface area contributed by atoms with Crippen LogP contribution in [0, 0.1) is 11.8 Å². The highest BCUT2D eigenvalue weighted by molar-refractivity contribution is 5.13. The van der Waals surface area contributed by atoms with Gasteiger partial charge in [-0.2, -0.15) is 13.2 Å². The average molecular weight is 264 g/mol. The molecule has 1 unspecified atom stereocenters. The molecule has 1 heterocycles. The molecule has 0 spiro atoms. The number of hydrogen-bond acceptors (Lipinski definition) is 2. The molecule has 0 saturated carbocycles. The van der Waals surface area contributed by atoms with Gasteiger partial charge in [0.15, 0.2) is 0 Å². The van der Waals surface area contributed by atoms with Gasteiger partial charge in [-0.1, -0.05) is 19.9 Å². The molecule has 0 bridgehead atoms. The van der Waals surface area contributed by atoms with Gasteiger partial charge in [0.05, 0.1) is 0 Å². The molecule has 0 radical (unpaired) electrons. The third-order valence-corrected chi connectivity index (χ3v) is 3.31. The molecular weight excluding hydrogens is 241 g/mol. The van der Waals surface area contributed by atoms with Gasteiger partial charge in [-0.3, -0.25) is 4.90 Å². The molecule has 0 aliphatic carbocycles. The Morgan fingerprint density at radius 3 is 2.44 bits per heavy atom. The summed E-state index contributed by atoms with van der Waals surface area (Å²) in [6.07, 6.45) is -1.71. The van der Waals surface area contributed by atoms with Gasteiger partial charge in [0.25, 0.3) is 0 Å². The van der Waals surface area contributed by atoms with Crippen molar-refractivity contribution >= 4 is 0 Å². The molecule has 106 valence electrons. The maximum atomic E-state index is 12.5. The van der Waals surface area contributed by atoms with Crippen molar-refractivity contribution < 1.29 is 13.2 Å². The van der Waals surface area contributed by atoms with Crippen LogP contribution in [0.3, 0.4) is 0 Å². The van der Waals surface area contributed by atoms with E-state index in [0.717, 1.165) is 13.0 Å². The van der Waals surface area contributed by atoms with E-state index in [1.54, 1.807) is 0 Å². The molecular formula is C13H23F3N2. The van der Waals surface area contributed by atoms with Crippen LogP contribution in [-0.2, 0) is 0 Å². The molecule has 0 aromatic rings. The largest absolute Gasteiger partial charge is 0.412 e. The van der Waals surface area contributed by atoms with E-state index in [1.165, 1.54) is 6.08 Å². The van der Waals surface area contributed by atoms with Crippen LogP contribution in [0.2, 0.25) is 0 Å². The fourth-order valence-corrected chi connectivity index (χ4v) is 2.41. The second kappa shape index (κ2) is 6.57. The Balaban J connectivity index is 2.45. The lowest BCUT2D eigenvalue weighted by atomic mass is 9.96. The van der Waals surface area contributed by atoms with E-state index >= 15 is 0 Å². The Kier molecular flexibility index (Phi) is 5.66. The molecule has 1 aliphatic rings. The molecule has 0 saturated heterocycles. The zero-order valence-electron chi connectivity index (χ0n) is 11.1. The molecule has 1 aliphatic heterocycles. The summed E-state index contributed by atoms with van der Waals surface area (Å²) in [5, 5.41) is 0. The lowest BCUT2D eigenvalue weighted by Crippen LogP contribution is -2.37. The van der Waals surface area contributed by atoms with Crippen LogP contribution in [0.5, 0.6) is 0 Å². The first-order valence-electron chi connectivity index (χ1n) is 6.51. The minimum atomic E-state index is -4.16. The van der Waals surface area contributed by atoms with E-state index in [-0.39, 0.29) is 12.0 Å². The van der Waals surface area contributed by atoms with Crippen molar-refractivity contribution in [2.45, 2.75) is 32.9 Å². The summed E-state index contributed by atoms with van der Waals surface area (Å²) in [5.74, 6) is 0.954. The van der Waals surface area contributed by atoms with Crippen molar-refractivity contribution in [2.75, 3.05) is 26.2 Å². The highest BCUT2D eigenvalue weighted by Crippen LogP contribution is 2.30. The summed E-state index contributed by atoms with van der Waals surface area (Å²) < 4.78 is 37.4. The van der Waals surface area contributed by atoms with Gasteiger partial charge < -0.3 is 5.73 Å². The van der Waals surface area contributed by atoms with Crippen molar-refractivity contribution in [3.8, 4) is 0 Å². The van der Waals surface area contributed by atoms with Crippen LogP contribution < -0.4 is 5.73 Å². The Morgan fingerprint density at radius 2 is 2.06 bits per heavy atom. The van der Waals surface area contributed by atoms with Gasteiger partial charge in [-0.15, -0.1) is 0 Å². The van der Waals surface area contributed by atoms with Crippen LogP contribution in [0.1, 0.15) is 26.7 Å². The molecule has 5 heteroatoms. The van der Waals surface area contributed by atoms with Crippen LogP contribution in [0.25, 0.3) is 0 Å². The molecule has 0 aromatic heterocycles. The second-order valence-electron chi connectivity index (χ2n) is 5.47. The molecule has 0 aromatic carbocycles. The first-order chi connectivity index (χ1) is 8.32. The molecule has 0 amide bonds. The van der Waals surface area contributed by atoms with E-state index in [9.17, 15) is 13.2 Å². The second-order valence-corrected chi connectivity index (χ2v) is 5.47. The lowest BCUT2D eigenvalue weighted by Gasteiger charge is -2.30. The van der Waals surface area contributed by atoms with Gasteiger partial charge in [0.1, 0.15) is 0 Å². The maximum absolute atomic E-state index is 12.5. The molecule has 2 nitrogen and oxygen atoms in total. The summed E-state index contributed by atoms with van der Waals surface area (Å²) in [7, 11) is 0. The molecule has 1 rings (SSSR count). The number of nitrogens with zero attached hydrogens (tertiary/aromatic N) is 1. The van der Waals surface area contributed by atoms with Gasteiger partial charge in [-0.25, -0.2) is 0 Å². The molecule has 1 atom stereocenters. The van der Waals surface area contributed by atoms with Gasteiger partial charge in [-0.05, 0) is 31.2 Å². The number of halogens is 3. The number of hydrogen-bond donors (Lipinski definition) is 1. The maximum Gasteiger partial charge on any atom is 0.412 e. The highest BCUT2D eigenvalue weighted by atomic mass is 19.4. The summed E-state index contributed by atoms with van der Waals surface area (Å²) in [6, 6.07) is 0. The standard InChI is InChI=1S/C13H23F3N2/c1-10(2)7-11(8-17)9-18-5-3-12(4-6-18)13(14,15)16/h3,10-11H,4-9,17H2,1-2H3. The smallest absolute Gasteiger partial charge is 0.330 e. The lowest BCUT2D eigenvalue weighted by molar-refractivity contribution is -0.0961. The van der Waals surface area contributed by atoms with Crippen molar-refractivity contribution in [1.29, 1.82) is 0 Å². The van der Waals surface area contributed by atoms with Crippen molar-refractivity contribution in [3.05, 3.63) is 11.6 Å². The summed E-state index contributed by atoms with van der Waals surface area (Å²) in [5.41, 5.74) is 5.33. The van der Waals surface area contributed by atoms with Gasteiger partial charge in [0.2, 0.25) is 0 Å². The first kappa shape index (κ1) is 15.5. The highest BCUT2D eigenvalue weighted by Gasteiger charge is 2.34. The van der Waals surface area contributed by atoms with Crippen molar-refractivity contribution in [1.82, 2.24) is 4.90 Å². The quantitative estimate of drug-likeness (QED) is 0.774. The molecule has 2 N–H and O–H groups in total. The molecule has 18 heavy (non-hydrogen) atoms. The van der Waals surface area contributed by atoms with E-state index in [1.807, 2.05) is 0 Å². The monoisotopic (exact) mass is 264 g/mol. The van der Waals surface area contributed by atoms with E-state index < -0.39 is 6.18 Å². The molecule has 0 fully saturated rings. The number of rotatable bonds is 5. The van der Waals surface area contributed by atoms with Crippen LogP contribution >= 0.6 is 0 Å². The minimum absolute atomic E-state index is 0.0997. The number of nitrogens with two attached hydrogens (primary N) is 1. The van der Waals surface area contributed by atoms with Crippen LogP contribution in [-0.4, -0.2) is 37.3 Å². The number of alkyl halides is 3. The Hall–Kier alpha value is -0.550. The third-order valence-electron chi connectivity index (χ3n) is 3.31. The topological polar surface area (TPSA) is 29.3 Å². The van der Waals surface area contributed by atoms with Gasteiger partial charge in [0, 0.05) is 25.2 Å². The third kappa shape index (κ3) is 4.98. The van der Waals surface area contributed by atoms with Crippen molar-refractivity contribution in [2.24, 2.45) is 17.6 Å². The minimum Gasteiger partial charge on any atom is -0.330 e. The van der Waals surface area contributed by atoms with Crippen LogP contribution in [0.15, 0.2) is 11.6 Å². The fraction of sp³-hybridized carbons (Fsp3) is 0.846. The zero-order chi connectivity index (χ0) is 13.8. The predicted octanol–water partition coefficient (Wildman–Crippen LogP) is 2.80. The Bertz CT molecular complexity index is 284. The summed E-state index contributed by atoms with van der Waals surface area (Å²) >= 11 is 0. The Labute approximate surface area is 107 Å². The summed E-state index contributed by atoms with van der Waals surface area (Å²) in [6.45, 7) is 6.56. The fourth-order valence-electron chi connectivity index (χ4n) is 2.41. The van der Waals surface area contributed by atoms with E-state index in [4.69, 9.17) is 5.73 Å². The van der Waals surface area contributed by atoms with Gasteiger partial charge >= 0.3 is 6.18 Å². The van der Waals surface area contributed by atoms with E-state index in [0.29, 0.717) is 31.5 Å². The summed E-state index contributed by atoms with van der Waals surface area (Å²) in [4.78, 5) is 2.06. The SMILES string of the molecule is CC(C)CC(CN)CN1CC=C(C(F)(F)F)CC1. The normalized spacial score (nSPS) is 20.1. The predicted molar refractivity (Wildman–Crippen MR) is 67.2 cm³/mol.